The van der Waals surface area contributed by atoms with Crippen LogP contribution in [0.3, 0.4) is 0 Å². The van der Waals surface area contributed by atoms with E-state index in [-0.39, 0.29) is 12.0 Å². The summed E-state index contributed by atoms with van der Waals surface area (Å²) in [7, 11) is 0. The molecule has 0 radical (unpaired) electrons. The Bertz CT molecular complexity index is 423. The number of hydrogen-bond acceptors (Lipinski definition) is 2. The van der Waals surface area contributed by atoms with Crippen molar-refractivity contribution in [2.75, 3.05) is 0 Å². The highest BCUT2D eigenvalue weighted by atomic mass is 19.4. The van der Waals surface area contributed by atoms with E-state index in [9.17, 15) is 22.8 Å². The molecule has 0 fully saturated rings. The van der Waals surface area contributed by atoms with Gasteiger partial charge in [-0.05, 0) is 12.3 Å². The van der Waals surface area contributed by atoms with E-state index in [4.69, 9.17) is 0 Å². The molecule has 0 aromatic heterocycles. The molecule has 0 aliphatic carbocycles. The molecule has 0 rings (SSSR count). The fraction of sp³-hybridized carbons (Fsp3) is 0.600. The van der Waals surface area contributed by atoms with E-state index in [1.807, 2.05) is 0 Å². The number of ketones is 2. The number of alkyl halides is 3. The molecular formula is C15H21F3O2. The predicted molar refractivity (Wildman–Crippen MR) is 72.2 cm³/mol. The zero-order valence-electron chi connectivity index (χ0n) is 12.5. The van der Waals surface area contributed by atoms with Gasteiger partial charge in [-0.25, -0.2) is 0 Å². The Labute approximate surface area is 117 Å². The quantitative estimate of drug-likeness (QED) is 0.560. The molecule has 0 heterocycles. The summed E-state index contributed by atoms with van der Waals surface area (Å²) in [5.74, 6) is -3.27. The Kier molecular flexibility index (Phi) is 5.93. The molecule has 5 heteroatoms. The lowest BCUT2D eigenvalue weighted by Crippen LogP contribution is -2.39. The van der Waals surface area contributed by atoms with Gasteiger partial charge in [0.25, 0.3) is 0 Å². The Morgan fingerprint density at radius 2 is 1.65 bits per heavy atom. The van der Waals surface area contributed by atoms with E-state index in [0.29, 0.717) is 0 Å². The average Bonchev–Trinajstić information content (AvgIpc) is 2.24. The van der Waals surface area contributed by atoms with Gasteiger partial charge >= 0.3 is 6.18 Å². The summed E-state index contributed by atoms with van der Waals surface area (Å²) in [5, 5.41) is 0. The molecule has 0 bridgehead atoms. The molecule has 1 atom stereocenters. The van der Waals surface area contributed by atoms with Crippen molar-refractivity contribution in [2.45, 2.75) is 47.2 Å². The smallest absolute Gasteiger partial charge is 0.295 e. The number of rotatable bonds is 5. The summed E-state index contributed by atoms with van der Waals surface area (Å²) < 4.78 is 40.1. The van der Waals surface area contributed by atoms with Gasteiger partial charge in [0.1, 0.15) is 0 Å². The summed E-state index contributed by atoms with van der Waals surface area (Å²) in [4.78, 5) is 23.5. The standard InChI is InChI=1S/C15H21F3O2/c1-7-10(11(20)8-2)12(9(3)19)13(14(4,5)6)15(16,17)18/h7,13H,1,8H2,2-6H3. The van der Waals surface area contributed by atoms with E-state index < -0.39 is 34.6 Å². The van der Waals surface area contributed by atoms with Crippen molar-refractivity contribution >= 4 is 11.6 Å². The van der Waals surface area contributed by atoms with Crippen LogP contribution >= 0.6 is 0 Å². The van der Waals surface area contributed by atoms with Crippen molar-refractivity contribution in [2.24, 2.45) is 11.3 Å². The molecule has 0 spiro atoms. The monoisotopic (exact) mass is 290 g/mol. The first-order valence-corrected chi connectivity index (χ1v) is 6.35. The Balaban J connectivity index is 6.40. The first kappa shape index (κ1) is 18.6. The molecule has 0 saturated carbocycles. The van der Waals surface area contributed by atoms with Gasteiger partial charge in [-0.1, -0.05) is 40.3 Å². The first-order chi connectivity index (χ1) is 8.87. The summed E-state index contributed by atoms with van der Waals surface area (Å²) in [6, 6.07) is 0. The topological polar surface area (TPSA) is 34.1 Å². The highest BCUT2D eigenvalue weighted by molar-refractivity contribution is 6.07. The lowest BCUT2D eigenvalue weighted by atomic mass is 9.72. The number of carbonyl (C=O) groups excluding carboxylic acids is 2. The van der Waals surface area contributed by atoms with Gasteiger partial charge in [-0.3, -0.25) is 9.59 Å². The average molecular weight is 290 g/mol. The van der Waals surface area contributed by atoms with Gasteiger partial charge < -0.3 is 0 Å². The molecule has 114 valence electrons. The Morgan fingerprint density at radius 3 is 1.85 bits per heavy atom. The third-order valence-corrected chi connectivity index (χ3v) is 2.98. The van der Waals surface area contributed by atoms with Crippen LogP contribution < -0.4 is 0 Å². The summed E-state index contributed by atoms with van der Waals surface area (Å²) in [5.41, 5.74) is -1.95. The fourth-order valence-electron chi connectivity index (χ4n) is 2.20. The third-order valence-electron chi connectivity index (χ3n) is 2.98. The van der Waals surface area contributed by atoms with E-state index in [0.717, 1.165) is 13.0 Å². The molecule has 0 N–H and O–H groups in total. The SMILES string of the molecule is C=CC(C(=O)CC)=C(C(C)=O)C(C(C)(C)C)C(F)(F)F. The first-order valence-electron chi connectivity index (χ1n) is 6.35. The van der Waals surface area contributed by atoms with Crippen LogP contribution in [0.1, 0.15) is 41.0 Å². The van der Waals surface area contributed by atoms with Crippen molar-refractivity contribution in [1.82, 2.24) is 0 Å². The van der Waals surface area contributed by atoms with Crippen molar-refractivity contribution < 1.29 is 22.8 Å². The van der Waals surface area contributed by atoms with Gasteiger partial charge in [0.15, 0.2) is 11.6 Å². The molecule has 0 saturated heterocycles. The zero-order valence-corrected chi connectivity index (χ0v) is 12.5. The lowest BCUT2D eigenvalue weighted by molar-refractivity contribution is -0.189. The van der Waals surface area contributed by atoms with Crippen LogP contribution in [-0.4, -0.2) is 17.7 Å². The van der Waals surface area contributed by atoms with Crippen LogP contribution in [-0.2, 0) is 9.59 Å². The maximum Gasteiger partial charge on any atom is 0.396 e. The maximum absolute atomic E-state index is 13.4. The third kappa shape index (κ3) is 4.32. The highest BCUT2D eigenvalue weighted by Crippen LogP contribution is 2.45. The summed E-state index contributed by atoms with van der Waals surface area (Å²) >= 11 is 0. The number of allylic oxidation sites excluding steroid dienone is 3. The van der Waals surface area contributed by atoms with Gasteiger partial charge in [0.05, 0.1) is 5.92 Å². The van der Waals surface area contributed by atoms with Crippen molar-refractivity contribution in [3.63, 3.8) is 0 Å². The summed E-state index contributed by atoms with van der Waals surface area (Å²) in [6.07, 6.45) is -3.54. The molecular weight excluding hydrogens is 269 g/mol. The number of halogens is 3. The van der Waals surface area contributed by atoms with Crippen LogP contribution in [0, 0.1) is 11.3 Å². The van der Waals surface area contributed by atoms with Crippen molar-refractivity contribution in [3.8, 4) is 0 Å². The largest absolute Gasteiger partial charge is 0.396 e. The Hall–Kier alpha value is -1.39. The van der Waals surface area contributed by atoms with Crippen LogP contribution in [0.25, 0.3) is 0 Å². The second kappa shape index (κ2) is 6.37. The van der Waals surface area contributed by atoms with E-state index >= 15 is 0 Å². The second-order valence-corrected chi connectivity index (χ2v) is 5.71. The van der Waals surface area contributed by atoms with Crippen LogP contribution in [0.4, 0.5) is 13.2 Å². The Morgan fingerprint density at radius 1 is 1.20 bits per heavy atom. The molecule has 0 aromatic rings. The van der Waals surface area contributed by atoms with Crippen molar-refractivity contribution in [3.05, 3.63) is 23.8 Å². The molecule has 0 aromatic carbocycles. The molecule has 0 amide bonds. The second-order valence-electron chi connectivity index (χ2n) is 5.71. The molecule has 2 nitrogen and oxygen atoms in total. The van der Waals surface area contributed by atoms with Crippen LogP contribution in [0.15, 0.2) is 23.8 Å². The highest BCUT2D eigenvalue weighted by Gasteiger charge is 2.50. The van der Waals surface area contributed by atoms with Gasteiger partial charge in [0, 0.05) is 17.6 Å². The van der Waals surface area contributed by atoms with Gasteiger partial charge in [-0.2, -0.15) is 13.2 Å². The minimum atomic E-state index is -4.61. The van der Waals surface area contributed by atoms with Crippen molar-refractivity contribution in [1.29, 1.82) is 0 Å². The molecule has 20 heavy (non-hydrogen) atoms. The number of Topliss-reactive ketones (excluding diaryl/α,β-unsaturated/α-hetero) is 2. The fourth-order valence-corrected chi connectivity index (χ4v) is 2.20. The van der Waals surface area contributed by atoms with Gasteiger partial charge in [-0.15, -0.1) is 0 Å². The number of carbonyl (C=O) groups is 2. The minimum absolute atomic E-state index is 0.0207. The molecule has 0 aliphatic heterocycles. The van der Waals surface area contributed by atoms with E-state index in [2.05, 4.69) is 6.58 Å². The minimum Gasteiger partial charge on any atom is -0.295 e. The van der Waals surface area contributed by atoms with E-state index in [1.165, 1.54) is 27.7 Å². The van der Waals surface area contributed by atoms with E-state index in [1.54, 1.807) is 0 Å². The lowest BCUT2D eigenvalue weighted by Gasteiger charge is -2.34. The molecule has 1 unspecified atom stereocenters. The van der Waals surface area contributed by atoms with Gasteiger partial charge in [0.2, 0.25) is 0 Å². The van der Waals surface area contributed by atoms with Crippen LogP contribution in [0.2, 0.25) is 0 Å². The maximum atomic E-state index is 13.4. The predicted octanol–water partition coefficient (Wildman–Crippen LogP) is 4.26. The summed E-state index contributed by atoms with van der Waals surface area (Å²) in [6.45, 7) is 10.1. The zero-order chi connectivity index (χ0) is 16.3. The molecule has 0 aliphatic rings. The normalized spacial score (nSPS) is 15.4. The number of hydrogen-bond donors (Lipinski definition) is 0. The van der Waals surface area contributed by atoms with Crippen LogP contribution in [0.5, 0.6) is 0 Å².